The van der Waals surface area contributed by atoms with Gasteiger partial charge in [0.25, 0.3) is 0 Å². The summed E-state index contributed by atoms with van der Waals surface area (Å²) in [6.45, 7) is -1.05. The van der Waals surface area contributed by atoms with Crippen LogP contribution in [0.25, 0.3) is 0 Å². The zero-order chi connectivity index (χ0) is 49.7. The van der Waals surface area contributed by atoms with E-state index in [1.807, 2.05) is 0 Å². The minimum atomic E-state index is -8.58. The Balaban J connectivity index is 0. The Bertz CT molecular complexity index is 1280. The monoisotopic (exact) mass is 982 g/mol. The van der Waals surface area contributed by atoms with Crippen molar-refractivity contribution in [3.8, 4) is 0 Å². The fraction of sp³-hybridized carbons (Fsp3) is 1.00. The molecule has 0 rings (SSSR count). The van der Waals surface area contributed by atoms with Gasteiger partial charge in [-0.3, -0.25) is 0 Å². The third-order valence-corrected chi connectivity index (χ3v) is 7.46. The Morgan fingerprint density at radius 3 is 0.500 bits per heavy atom. The van der Waals surface area contributed by atoms with Gasteiger partial charge in [-0.05, 0) is 38.8 Å². The summed E-state index contributed by atoms with van der Waals surface area (Å²) in [5.41, 5.74) is 9.51. The highest BCUT2D eigenvalue weighted by Crippen LogP contribution is 2.66. The van der Waals surface area contributed by atoms with Gasteiger partial charge in [-0.15, -0.1) is 0 Å². The number of hydrogen-bond acceptors (Lipinski definition) is 2. The minimum Gasteiger partial charge on any atom is -0.330 e. The van der Waals surface area contributed by atoms with Crippen LogP contribution in [0, 0.1) is 0 Å². The van der Waals surface area contributed by atoms with E-state index in [2.05, 4.69) is 0 Å². The normalized spacial score (nSPS) is 16.2. The summed E-state index contributed by atoms with van der Waals surface area (Å²) in [4.78, 5) is 0. The quantitative estimate of drug-likeness (QED) is 0.0943. The van der Waals surface area contributed by atoms with E-state index >= 15 is 0 Å². The first-order chi connectivity index (χ1) is 25.6. The molecular formula is C24H20F34N2. The second-order valence-electron chi connectivity index (χ2n) is 11.8. The second kappa shape index (κ2) is 16.9. The summed E-state index contributed by atoms with van der Waals surface area (Å²) < 4.78 is 439. The van der Waals surface area contributed by atoms with Crippen LogP contribution in [-0.4, -0.2) is 108 Å². The van der Waals surface area contributed by atoms with Gasteiger partial charge < -0.3 is 11.5 Å². The number of nitrogens with two attached hydrogens (primary N) is 2. The third kappa shape index (κ3) is 8.99. The second-order valence-corrected chi connectivity index (χ2v) is 11.8. The van der Waals surface area contributed by atoms with E-state index in [1.54, 1.807) is 0 Å². The molecule has 60 heavy (non-hydrogen) atoms. The molecule has 0 aliphatic heterocycles. The van der Waals surface area contributed by atoms with Gasteiger partial charge in [-0.1, -0.05) is 0 Å². The molecule has 0 bridgehead atoms. The van der Waals surface area contributed by atoms with Crippen molar-refractivity contribution in [1.29, 1.82) is 0 Å². The van der Waals surface area contributed by atoms with Gasteiger partial charge >= 0.3 is 95.3 Å². The predicted molar refractivity (Wildman–Crippen MR) is 127 cm³/mol. The lowest BCUT2D eigenvalue weighted by atomic mass is 9.88. The molecule has 2 nitrogen and oxygen atoms in total. The average molecular weight is 982 g/mol. The molecule has 0 fully saturated rings. The first-order valence-corrected chi connectivity index (χ1v) is 14.4. The predicted octanol–water partition coefficient (Wildman–Crippen LogP) is 12.2. The lowest BCUT2D eigenvalue weighted by molar-refractivity contribution is -0.461. The summed E-state index contributed by atoms with van der Waals surface area (Å²) >= 11 is 0. The lowest BCUT2D eigenvalue weighted by Crippen LogP contribution is -2.74. The Kier molecular flexibility index (Phi) is 16.8. The molecular weight excluding hydrogens is 962 g/mol. The number of halogens is 34. The highest BCUT2D eigenvalue weighted by atomic mass is 19.4. The van der Waals surface area contributed by atoms with Crippen LogP contribution in [0.5, 0.6) is 0 Å². The van der Waals surface area contributed by atoms with Gasteiger partial charge in [0.2, 0.25) is 0 Å². The van der Waals surface area contributed by atoms with E-state index in [1.165, 1.54) is 0 Å². The summed E-state index contributed by atoms with van der Waals surface area (Å²) in [7, 11) is 0. The third-order valence-electron chi connectivity index (χ3n) is 7.46. The van der Waals surface area contributed by atoms with Crippen LogP contribution in [0.15, 0.2) is 0 Å². The van der Waals surface area contributed by atoms with Crippen molar-refractivity contribution in [3.63, 3.8) is 0 Å². The molecule has 0 atom stereocenters. The summed E-state index contributed by atoms with van der Waals surface area (Å²) in [6.07, 6.45) is -24.0. The molecule has 0 aromatic carbocycles. The first kappa shape index (κ1) is 59.6. The maximum atomic E-state index is 13.4. The van der Waals surface area contributed by atoms with Gasteiger partial charge in [0.15, 0.2) is 0 Å². The van der Waals surface area contributed by atoms with Gasteiger partial charge in [-0.2, -0.15) is 149 Å². The molecule has 0 heterocycles. The van der Waals surface area contributed by atoms with Crippen molar-refractivity contribution in [3.05, 3.63) is 0 Å². The number of rotatable bonds is 20. The number of alkyl halides is 34. The molecule has 0 aromatic heterocycles. The van der Waals surface area contributed by atoms with Crippen LogP contribution in [-0.2, 0) is 0 Å². The Morgan fingerprint density at radius 1 is 0.200 bits per heavy atom. The van der Waals surface area contributed by atoms with Gasteiger partial charge in [0.1, 0.15) is 0 Å². The highest BCUT2D eigenvalue weighted by Gasteiger charge is 2.96. The Labute approximate surface area is 308 Å². The maximum absolute atomic E-state index is 13.4. The molecule has 0 saturated heterocycles. The molecule has 0 aliphatic carbocycles. The molecule has 4 N–H and O–H groups in total. The van der Waals surface area contributed by atoms with E-state index in [-0.39, 0.29) is 0 Å². The van der Waals surface area contributed by atoms with Crippen LogP contribution in [0.3, 0.4) is 0 Å². The van der Waals surface area contributed by atoms with Gasteiger partial charge in [0, 0.05) is 12.8 Å². The fourth-order valence-electron chi connectivity index (χ4n) is 3.69. The van der Waals surface area contributed by atoms with Gasteiger partial charge in [0.05, 0.1) is 0 Å². The summed E-state index contributed by atoms with van der Waals surface area (Å²) in [5, 5.41) is 0. The van der Waals surface area contributed by atoms with Crippen molar-refractivity contribution < 1.29 is 149 Å². The highest BCUT2D eigenvalue weighted by molar-refractivity contribution is 5.16. The van der Waals surface area contributed by atoms with Crippen molar-refractivity contribution in [2.45, 2.75) is 134 Å². The Morgan fingerprint density at radius 2 is 0.350 bits per heavy atom. The van der Waals surface area contributed by atoms with Crippen LogP contribution in [0.2, 0.25) is 0 Å². The Hall–Kier alpha value is -2.46. The van der Waals surface area contributed by atoms with E-state index in [0.29, 0.717) is 0 Å². The van der Waals surface area contributed by atoms with Crippen molar-refractivity contribution in [1.82, 2.24) is 0 Å². The van der Waals surface area contributed by atoms with Crippen LogP contribution in [0.1, 0.15) is 38.5 Å². The van der Waals surface area contributed by atoms with Crippen LogP contribution >= 0.6 is 0 Å². The van der Waals surface area contributed by atoms with Crippen LogP contribution in [0.4, 0.5) is 149 Å². The zero-order valence-electron chi connectivity index (χ0n) is 27.7. The van der Waals surface area contributed by atoms with Crippen LogP contribution < -0.4 is 11.5 Å². The number of hydrogen-bond donors (Lipinski definition) is 2. The molecule has 364 valence electrons. The fourth-order valence-corrected chi connectivity index (χ4v) is 3.69. The molecule has 0 radical (unpaired) electrons. The van der Waals surface area contributed by atoms with Crippen molar-refractivity contribution in [2.75, 3.05) is 13.1 Å². The molecule has 0 aliphatic rings. The molecule has 0 spiro atoms. The zero-order valence-corrected chi connectivity index (χ0v) is 27.7. The molecule has 0 amide bonds. The lowest BCUT2D eigenvalue weighted by Gasteiger charge is -2.42. The number of unbranched alkanes of at least 4 members (excludes halogenated alkanes) is 2. The SMILES string of the molecule is NCCCCC(F)(F)C(F)(F)C(F)(F)C(F)(F)C(F)(F)C(F)(F)C(F)(F)C(F)(F)F.NCCCCC(F)(F)C(F)(F)C(F)(F)C(F)(F)C(F)(F)C(F)(F)C(F)(F)C(F)(F)F. The van der Waals surface area contributed by atoms with Crippen molar-refractivity contribution >= 4 is 0 Å². The molecule has 0 saturated carbocycles. The first-order valence-electron chi connectivity index (χ1n) is 14.4. The molecule has 0 unspecified atom stereocenters. The summed E-state index contributed by atoms with van der Waals surface area (Å²) in [6, 6.07) is 0. The smallest absolute Gasteiger partial charge is 0.330 e. The van der Waals surface area contributed by atoms with E-state index < -0.39 is 147 Å². The molecule has 36 heteroatoms. The maximum Gasteiger partial charge on any atom is 0.460 e. The van der Waals surface area contributed by atoms with E-state index in [0.717, 1.165) is 0 Å². The van der Waals surface area contributed by atoms with E-state index in [4.69, 9.17) is 11.5 Å². The summed E-state index contributed by atoms with van der Waals surface area (Å²) in [5.74, 6) is -112. The van der Waals surface area contributed by atoms with Gasteiger partial charge in [-0.25, -0.2) is 0 Å². The standard InChI is InChI=1S/2C12H10F17N/c2*13-5(14,3-1-2-4-30)6(15,16)7(17,18)8(19,20)9(21,22)10(23,24)11(25,26)12(27,28)29/h2*1-4,30H2. The van der Waals surface area contributed by atoms with E-state index in [9.17, 15) is 149 Å². The average Bonchev–Trinajstić information content (AvgIpc) is 3.02. The topological polar surface area (TPSA) is 52.0 Å². The minimum absolute atomic E-state index is 0.523. The largest absolute Gasteiger partial charge is 0.460 e. The molecule has 0 aromatic rings. The van der Waals surface area contributed by atoms with Crippen molar-refractivity contribution in [2.24, 2.45) is 11.5 Å².